The molecule has 1 aromatic rings. The van der Waals surface area contributed by atoms with E-state index in [-0.39, 0.29) is 24.3 Å². The fourth-order valence-electron chi connectivity index (χ4n) is 2.00. The Bertz CT molecular complexity index is 525. The highest BCUT2D eigenvalue weighted by atomic mass is 32.1. The fraction of sp³-hybridized carbons (Fsp3) is 0.500. The summed E-state index contributed by atoms with van der Waals surface area (Å²) in [6.07, 6.45) is 0.601. The van der Waals surface area contributed by atoms with Crippen molar-refractivity contribution in [3.8, 4) is 0 Å². The number of ether oxygens (including phenoxy) is 1. The molecule has 0 bridgehead atoms. The molecule has 2 heterocycles. The molecule has 1 aliphatic heterocycles. The molecule has 0 atom stereocenters. The quantitative estimate of drug-likeness (QED) is 0.601. The van der Waals surface area contributed by atoms with Crippen LogP contribution in [0.4, 0.5) is 0 Å². The van der Waals surface area contributed by atoms with E-state index in [2.05, 4.69) is 5.32 Å². The van der Waals surface area contributed by atoms with Gasteiger partial charge < -0.3 is 10.1 Å². The number of carbonyl (C=O) groups excluding carboxylic acids is 3. The van der Waals surface area contributed by atoms with Gasteiger partial charge in [0.1, 0.15) is 0 Å². The van der Waals surface area contributed by atoms with Gasteiger partial charge in [-0.05, 0) is 23.9 Å². The second-order valence-electron chi connectivity index (χ2n) is 4.80. The van der Waals surface area contributed by atoms with Gasteiger partial charge in [-0.1, -0.05) is 0 Å². The molecule has 2 rings (SSSR count). The predicted molar refractivity (Wildman–Crippen MR) is 78.2 cm³/mol. The number of amides is 3. The monoisotopic (exact) mass is 310 g/mol. The molecule has 21 heavy (non-hydrogen) atoms. The highest BCUT2D eigenvalue weighted by Crippen LogP contribution is 2.13. The normalized spacial score (nSPS) is 14.8. The standard InChI is InChI=1S/C14H18N2O4S/c1-10-8-11(21-9-10)14(19)15-4-6-20-7-5-16-12(17)2-3-13(16)18/h8-9H,2-7H2,1H3,(H,15,19). The van der Waals surface area contributed by atoms with Gasteiger partial charge in [0.05, 0.1) is 24.6 Å². The molecule has 1 N–H and O–H groups in total. The smallest absolute Gasteiger partial charge is 0.261 e. The minimum Gasteiger partial charge on any atom is -0.378 e. The van der Waals surface area contributed by atoms with Crippen LogP contribution in [0.25, 0.3) is 0 Å². The minimum absolute atomic E-state index is 0.110. The Morgan fingerprint density at radius 1 is 1.33 bits per heavy atom. The zero-order valence-electron chi connectivity index (χ0n) is 11.9. The van der Waals surface area contributed by atoms with E-state index in [4.69, 9.17) is 4.74 Å². The molecule has 0 spiro atoms. The summed E-state index contributed by atoms with van der Waals surface area (Å²) in [5.41, 5.74) is 1.07. The highest BCUT2D eigenvalue weighted by Gasteiger charge is 2.28. The third kappa shape index (κ3) is 4.37. The number of carbonyl (C=O) groups is 3. The van der Waals surface area contributed by atoms with E-state index >= 15 is 0 Å². The van der Waals surface area contributed by atoms with Crippen molar-refractivity contribution in [1.82, 2.24) is 10.2 Å². The first-order chi connectivity index (χ1) is 10.1. The zero-order chi connectivity index (χ0) is 15.2. The lowest BCUT2D eigenvalue weighted by molar-refractivity contribution is -0.139. The maximum atomic E-state index is 11.7. The number of thiophene rings is 1. The summed E-state index contributed by atoms with van der Waals surface area (Å²) in [6.45, 7) is 3.28. The second-order valence-corrected chi connectivity index (χ2v) is 5.71. The number of nitrogens with one attached hydrogen (secondary N) is 1. The van der Waals surface area contributed by atoms with E-state index in [1.54, 1.807) is 0 Å². The molecular formula is C14H18N2O4S. The van der Waals surface area contributed by atoms with Crippen molar-refractivity contribution >= 4 is 29.1 Å². The van der Waals surface area contributed by atoms with Crippen LogP contribution in [0.15, 0.2) is 11.4 Å². The van der Waals surface area contributed by atoms with E-state index in [0.29, 0.717) is 37.5 Å². The average molecular weight is 310 g/mol. The minimum atomic E-state index is -0.134. The second kappa shape index (κ2) is 7.33. The Labute approximate surface area is 127 Å². The van der Waals surface area contributed by atoms with Crippen molar-refractivity contribution in [3.63, 3.8) is 0 Å². The zero-order valence-corrected chi connectivity index (χ0v) is 12.7. The Balaban J connectivity index is 1.57. The molecule has 6 nitrogen and oxygen atoms in total. The summed E-state index contributed by atoms with van der Waals surface area (Å²) in [5, 5.41) is 4.68. The Morgan fingerprint density at radius 2 is 2.05 bits per heavy atom. The van der Waals surface area contributed by atoms with Crippen molar-refractivity contribution < 1.29 is 19.1 Å². The van der Waals surface area contributed by atoms with Crippen LogP contribution in [0.2, 0.25) is 0 Å². The van der Waals surface area contributed by atoms with Crippen molar-refractivity contribution in [2.45, 2.75) is 19.8 Å². The Morgan fingerprint density at radius 3 is 2.67 bits per heavy atom. The third-order valence-electron chi connectivity index (χ3n) is 3.10. The van der Waals surface area contributed by atoms with Crippen molar-refractivity contribution in [1.29, 1.82) is 0 Å². The third-order valence-corrected chi connectivity index (χ3v) is 4.15. The van der Waals surface area contributed by atoms with Gasteiger partial charge in [0.2, 0.25) is 11.8 Å². The van der Waals surface area contributed by atoms with Crippen LogP contribution in [0.1, 0.15) is 28.1 Å². The largest absolute Gasteiger partial charge is 0.378 e. The molecule has 0 radical (unpaired) electrons. The van der Waals surface area contributed by atoms with E-state index in [1.165, 1.54) is 16.2 Å². The van der Waals surface area contributed by atoms with Gasteiger partial charge in [0.15, 0.2) is 0 Å². The molecule has 0 aliphatic carbocycles. The maximum absolute atomic E-state index is 11.7. The topological polar surface area (TPSA) is 75.7 Å². The lowest BCUT2D eigenvalue weighted by Crippen LogP contribution is -2.33. The number of hydrogen-bond acceptors (Lipinski definition) is 5. The average Bonchev–Trinajstić information content (AvgIpc) is 3.02. The van der Waals surface area contributed by atoms with E-state index in [1.807, 2.05) is 18.4 Å². The summed E-state index contributed by atoms with van der Waals surface area (Å²) in [4.78, 5) is 36.3. The highest BCUT2D eigenvalue weighted by molar-refractivity contribution is 7.12. The van der Waals surface area contributed by atoms with Gasteiger partial charge in [0, 0.05) is 19.4 Å². The first kappa shape index (κ1) is 15.7. The van der Waals surface area contributed by atoms with Crippen LogP contribution < -0.4 is 5.32 Å². The molecule has 114 valence electrons. The van der Waals surface area contributed by atoms with Crippen molar-refractivity contribution in [2.24, 2.45) is 0 Å². The maximum Gasteiger partial charge on any atom is 0.261 e. The molecule has 3 amide bonds. The van der Waals surface area contributed by atoms with Gasteiger partial charge in [-0.15, -0.1) is 11.3 Å². The van der Waals surface area contributed by atoms with Gasteiger partial charge in [0.25, 0.3) is 5.91 Å². The van der Waals surface area contributed by atoms with Crippen LogP contribution >= 0.6 is 11.3 Å². The van der Waals surface area contributed by atoms with Crippen LogP contribution in [0.5, 0.6) is 0 Å². The molecule has 0 aromatic carbocycles. The summed E-state index contributed by atoms with van der Waals surface area (Å²) >= 11 is 1.41. The van der Waals surface area contributed by atoms with Gasteiger partial charge in [-0.25, -0.2) is 0 Å². The first-order valence-electron chi connectivity index (χ1n) is 6.82. The summed E-state index contributed by atoms with van der Waals surface area (Å²) < 4.78 is 5.33. The molecule has 0 unspecified atom stereocenters. The first-order valence-corrected chi connectivity index (χ1v) is 7.70. The number of likely N-dealkylation sites (tertiary alicyclic amines) is 1. The van der Waals surface area contributed by atoms with Gasteiger partial charge >= 0.3 is 0 Å². The molecule has 1 aromatic heterocycles. The fourth-order valence-corrected chi connectivity index (χ4v) is 2.82. The number of rotatable bonds is 7. The van der Waals surface area contributed by atoms with Gasteiger partial charge in [-0.3, -0.25) is 19.3 Å². The van der Waals surface area contributed by atoms with Gasteiger partial charge in [-0.2, -0.15) is 0 Å². The Kier molecular flexibility index (Phi) is 5.46. The number of hydrogen-bond donors (Lipinski definition) is 1. The molecular weight excluding hydrogens is 292 g/mol. The SMILES string of the molecule is Cc1csc(C(=O)NCCOCCN2C(=O)CCC2=O)c1. The number of nitrogens with zero attached hydrogens (tertiary/aromatic N) is 1. The van der Waals surface area contributed by atoms with Crippen molar-refractivity contribution in [2.75, 3.05) is 26.3 Å². The van der Waals surface area contributed by atoms with Crippen LogP contribution in [-0.2, 0) is 14.3 Å². The van der Waals surface area contributed by atoms with Crippen LogP contribution in [0, 0.1) is 6.92 Å². The van der Waals surface area contributed by atoms with Crippen LogP contribution in [-0.4, -0.2) is 48.9 Å². The number of imide groups is 1. The molecule has 0 saturated carbocycles. The van der Waals surface area contributed by atoms with Crippen molar-refractivity contribution in [3.05, 3.63) is 21.9 Å². The van der Waals surface area contributed by atoms with E-state index in [0.717, 1.165) is 5.56 Å². The lowest BCUT2D eigenvalue weighted by atomic mass is 10.3. The summed E-state index contributed by atoms with van der Waals surface area (Å²) in [7, 11) is 0. The Hall–Kier alpha value is -1.73. The molecule has 1 saturated heterocycles. The molecule has 1 aliphatic rings. The van der Waals surface area contributed by atoms with Crippen LogP contribution in [0.3, 0.4) is 0 Å². The predicted octanol–water partition coefficient (Wildman–Crippen LogP) is 0.952. The number of aryl methyl sites for hydroxylation is 1. The van der Waals surface area contributed by atoms with E-state index < -0.39 is 0 Å². The molecule has 7 heteroatoms. The van der Waals surface area contributed by atoms with E-state index in [9.17, 15) is 14.4 Å². The summed E-state index contributed by atoms with van der Waals surface area (Å²) in [6, 6.07) is 1.84. The summed E-state index contributed by atoms with van der Waals surface area (Å²) in [5.74, 6) is -0.378. The molecule has 1 fully saturated rings. The lowest BCUT2D eigenvalue weighted by Gasteiger charge is -2.13.